The Morgan fingerprint density at radius 2 is 1.57 bits per heavy atom. The molecule has 0 saturated carbocycles. The molecular weight excluding hydrogens is 309 g/mol. The normalized spacial score (nSPS) is 21.7. The molecule has 0 radical (unpaired) electrons. The number of hydrogen-bond acceptors (Lipinski definition) is 2. The van der Waals surface area contributed by atoms with Crippen molar-refractivity contribution in [2.24, 2.45) is 0 Å². The van der Waals surface area contributed by atoms with Crippen molar-refractivity contribution < 1.29 is 13.6 Å². The minimum Gasteiger partial charge on any atom is -0.402 e. The molecule has 0 spiro atoms. The Labute approximate surface area is 139 Å². The molecule has 0 bridgehead atoms. The standard InChI is InChI=1S/C18H28FNO2Si/c1-11(2)23(12(3)4,13(5)6)22-17-16(20-18(17)21)14-9-7-8-10-15(14)19/h7-13,16-17H,1-6H3,(H,20,21). The molecule has 1 aliphatic heterocycles. The van der Waals surface area contributed by atoms with Crippen LogP contribution in [0.25, 0.3) is 0 Å². The van der Waals surface area contributed by atoms with Gasteiger partial charge in [0.05, 0.1) is 6.04 Å². The van der Waals surface area contributed by atoms with Gasteiger partial charge in [-0.25, -0.2) is 4.39 Å². The van der Waals surface area contributed by atoms with Crippen LogP contribution in [-0.4, -0.2) is 20.3 Å². The monoisotopic (exact) mass is 337 g/mol. The predicted molar refractivity (Wildman–Crippen MR) is 93.2 cm³/mol. The summed E-state index contributed by atoms with van der Waals surface area (Å²) in [5.74, 6) is -0.422. The van der Waals surface area contributed by atoms with Crippen LogP contribution < -0.4 is 5.32 Å². The van der Waals surface area contributed by atoms with Crippen molar-refractivity contribution in [3.05, 3.63) is 35.6 Å². The van der Waals surface area contributed by atoms with Gasteiger partial charge >= 0.3 is 0 Å². The molecule has 1 aromatic carbocycles. The zero-order chi connectivity index (χ0) is 17.4. The Hall–Kier alpha value is -1.20. The van der Waals surface area contributed by atoms with Gasteiger partial charge in [0.15, 0.2) is 0 Å². The fourth-order valence-electron chi connectivity index (χ4n) is 4.08. The highest BCUT2D eigenvalue weighted by Gasteiger charge is 2.52. The second kappa shape index (κ2) is 6.73. The van der Waals surface area contributed by atoms with Crippen LogP contribution in [0.3, 0.4) is 0 Å². The highest BCUT2D eigenvalue weighted by molar-refractivity contribution is 6.77. The lowest BCUT2D eigenvalue weighted by atomic mass is 9.94. The van der Waals surface area contributed by atoms with Crippen LogP contribution in [-0.2, 0) is 9.22 Å². The van der Waals surface area contributed by atoms with E-state index >= 15 is 0 Å². The van der Waals surface area contributed by atoms with E-state index < -0.39 is 14.4 Å². The highest BCUT2D eigenvalue weighted by Crippen LogP contribution is 2.45. The second-order valence-corrected chi connectivity index (χ2v) is 12.8. The maximum atomic E-state index is 14.1. The second-order valence-electron chi connectivity index (χ2n) is 7.36. The van der Waals surface area contributed by atoms with Crippen molar-refractivity contribution in [1.82, 2.24) is 5.32 Å². The number of β-lactam (4-membered cyclic amide) rings is 1. The maximum absolute atomic E-state index is 14.1. The summed E-state index contributed by atoms with van der Waals surface area (Å²) in [5.41, 5.74) is 1.67. The first-order valence-electron chi connectivity index (χ1n) is 8.44. The third-order valence-electron chi connectivity index (χ3n) is 5.14. The zero-order valence-corrected chi connectivity index (χ0v) is 15.9. The van der Waals surface area contributed by atoms with Crippen LogP contribution >= 0.6 is 0 Å². The van der Waals surface area contributed by atoms with Crippen molar-refractivity contribution in [3.63, 3.8) is 0 Å². The molecule has 1 aliphatic rings. The summed E-state index contributed by atoms with van der Waals surface area (Å²) < 4.78 is 20.6. The van der Waals surface area contributed by atoms with E-state index in [1.807, 2.05) is 0 Å². The molecule has 5 heteroatoms. The molecule has 1 N–H and O–H groups in total. The van der Waals surface area contributed by atoms with Gasteiger partial charge in [0, 0.05) is 5.56 Å². The van der Waals surface area contributed by atoms with Gasteiger partial charge in [0.2, 0.25) is 8.32 Å². The predicted octanol–water partition coefficient (Wildman–Crippen LogP) is 4.56. The van der Waals surface area contributed by atoms with Crippen molar-refractivity contribution in [2.45, 2.75) is 70.3 Å². The Morgan fingerprint density at radius 3 is 2.00 bits per heavy atom. The van der Waals surface area contributed by atoms with E-state index in [2.05, 4.69) is 46.9 Å². The lowest BCUT2D eigenvalue weighted by Crippen LogP contribution is -2.63. The topological polar surface area (TPSA) is 38.3 Å². The van der Waals surface area contributed by atoms with E-state index in [-0.39, 0.29) is 17.8 Å². The minimum absolute atomic E-state index is 0.128. The van der Waals surface area contributed by atoms with Crippen LogP contribution in [0.1, 0.15) is 53.1 Å². The molecule has 1 fully saturated rings. The minimum atomic E-state index is -2.18. The molecule has 1 aromatic rings. The SMILES string of the molecule is CC(C)[Si](OC1C(=O)NC1c1ccccc1F)(C(C)C)C(C)C. The van der Waals surface area contributed by atoms with Gasteiger partial charge in [-0.15, -0.1) is 0 Å². The summed E-state index contributed by atoms with van der Waals surface area (Å²) in [5, 5.41) is 2.81. The molecule has 0 aromatic heterocycles. The lowest BCUT2D eigenvalue weighted by Gasteiger charge is -2.48. The van der Waals surface area contributed by atoms with Crippen LogP contribution in [0.4, 0.5) is 4.39 Å². The van der Waals surface area contributed by atoms with Gasteiger partial charge in [-0.1, -0.05) is 59.7 Å². The van der Waals surface area contributed by atoms with Gasteiger partial charge in [-0.2, -0.15) is 0 Å². The molecule has 2 atom stereocenters. The number of rotatable bonds is 6. The third kappa shape index (κ3) is 3.09. The van der Waals surface area contributed by atoms with E-state index in [1.54, 1.807) is 18.2 Å². The van der Waals surface area contributed by atoms with Crippen molar-refractivity contribution in [1.29, 1.82) is 0 Å². The Kier molecular flexibility index (Phi) is 5.31. The van der Waals surface area contributed by atoms with Crippen molar-refractivity contribution in [3.8, 4) is 0 Å². The first-order valence-corrected chi connectivity index (χ1v) is 10.6. The molecule has 23 heavy (non-hydrogen) atoms. The van der Waals surface area contributed by atoms with Crippen LogP contribution in [0.5, 0.6) is 0 Å². The van der Waals surface area contributed by atoms with Gasteiger partial charge < -0.3 is 9.74 Å². The zero-order valence-electron chi connectivity index (χ0n) is 14.9. The van der Waals surface area contributed by atoms with E-state index in [1.165, 1.54) is 6.07 Å². The molecular formula is C18H28FNO2Si. The summed E-state index contributed by atoms with van der Waals surface area (Å²) in [6, 6.07) is 6.21. The third-order valence-corrected chi connectivity index (χ3v) is 11.2. The average Bonchev–Trinajstić information content (AvgIpc) is 2.45. The van der Waals surface area contributed by atoms with Gasteiger partial charge in [-0.3, -0.25) is 4.79 Å². The summed E-state index contributed by atoms with van der Waals surface area (Å²) in [7, 11) is -2.18. The van der Waals surface area contributed by atoms with E-state index in [4.69, 9.17) is 4.43 Å². The number of nitrogens with one attached hydrogen (secondary N) is 1. The van der Waals surface area contributed by atoms with Crippen molar-refractivity contribution >= 4 is 14.2 Å². The van der Waals surface area contributed by atoms with Crippen LogP contribution in [0, 0.1) is 5.82 Å². The van der Waals surface area contributed by atoms with E-state index in [0.29, 0.717) is 22.2 Å². The number of carbonyl (C=O) groups excluding carboxylic acids is 1. The summed E-state index contributed by atoms with van der Waals surface area (Å²) in [4.78, 5) is 12.1. The molecule has 1 heterocycles. The molecule has 0 aliphatic carbocycles. The Bertz CT molecular complexity index is 552. The first kappa shape index (κ1) is 18.1. The molecule has 1 saturated heterocycles. The maximum Gasteiger partial charge on any atom is 0.251 e. The average molecular weight is 338 g/mol. The van der Waals surface area contributed by atoms with Gasteiger partial charge in [0.25, 0.3) is 5.91 Å². The quantitative estimate of drug-likeness (QED) is 0.610. The van der Waals surface area contributed by atoms with E-state index in [9.17, 15) is 9.18 Å². The molecule has 2 unspecified atom stereocenters. The first-order chi connectivity index (χ1) is 10.7. The summed E-state index contributed by atoms with van der Waals surface area (Å²) in [6.07, 6.45) is -0.578. The smallest absolute Gasteiger partial charge is 0.251 e. The highest BCUT2D eigenvalue weighted by atomic mass is 28.4. The Morgan fingerprint density at radius 1 is 1.04 bits per heavy atom. The molecule has 128 valence electrons. The van der Waals surface area contributed by atoms with Gasteiger partial charge in [-0.05, 0) is 22.7 Å². The fraction of sp³-hybridized carbons (Fsp3) is 0.611. The van der Waals surface area contributed by atoms with Gasteiger partial charge in [0.1, 0.15) is 11.9 Å². The number of benzene rings is 1. The number of carbonyl (C=O) groups is 1. The Balaban J connectivity index is 2.32. The number of hydrogen-bond donors (Lipinski definition) is 1. The van der Waals surface area contributed by atoms with Crippen LogP contribution in [0.15, 0.2) is 24.3 Å². The van der Waals surface area contributed by atoms with Crippen LogP contribution in [0.2, 0.25) is 16.6 Å². The molecule has 3 nitrogen and oxygen atoms in total. The summed E-state index contributed by atoms with van der Waals surface area (Å²) in [6.45, 7) is 13.1. The molecule has 2 rings (SSSR count). The number of amides is 1. The largest absolute Gasteiger partial charge is 0.402 e. The number of halogens is 1. The fourth-order valence-corrected chi connectivity index (χ4v) is 9.58. The van der Waals surface area contributed by atoms with E-state index in [0.717, 1.165) is 0 Å². The summed E-state index contributed by atoms with van der Waals surface area (Å²) >= 11 is 0. The lowest BCUT2D eigenvalue weighted by molar-refractivity contribution is -0.141. The molecule has 1 amide bonds. The van der Waals surface area contributed by atoms with Crippen molar-refractivity contribution in [2.75, 3.05) is 0 Å².